The summed E-state index contributed by atoms with van der Waals surface area (Å²) in [7, 11) is 0. The van der Waals surface area contributed by atoms with Gasteiger partial charge in [-0.05, 0) is 56.4 Å². The summed E-state index contributed by atoms with van der Waals surface area (Å²) in [5.74, 6) is -0.381. The van der Waals surface area contributed by atoms with Crippen molar-refractivity contribution in [2.75, 3.05) is 5.32 Å². The van der Waals surface area contributed by atoms with Crippen molar-refractivity contribution in [3.05, 3.63) is 29.3 Å². The highest BCUT2D eigenvalue weighted by Crippen LogP contribution is 2.23. The van der Waals surface area contributed by atoms with Gasteiger partial charge >= 0.3 is 0 Å². The first-order valence-corrected chi connectivity index (χ1v) is 6.49. The van der Waals surface area contributed by atoms with E-state index in [1.807, 2.05) is 19.1 Å². The zero-order valence-corrected chi connectivity index (χ0v) is 10.8. The van der Waals surface area contributed by atoms with Gasteiger partial charge in [0.25, 0.3) is 0 Å². The van der Waals surface area contributed by atoms with Crippen LogP contribution in [0.1, 0.15) is 41.6 Å². The van der Waals surface area contributed by atoms with Crippen molar-refractivity contribution < 1.29 is 4.79 Å². The summed E-state index contributed by atoms with van der Waals surface area (Å²) in [6, 6.07) is 6.39. The Hall–Kier alpha value is -1.55. The van der Waals surface area contributed by atoms with Gasteiger partial charge in [-0.3, -0.25) is 4.79 Å². The van der Waals surface area contributed by atoms with E-state index in [-0.39, 0.29) is 5.91 Å². The molecule has 0 unspecified atom stereocenters. The Kier molecular flexibility index (Phi) is 3.87. The van der Waals surface area contributed by atoms with Crippen LogP contribution in [0.25, 0.3) is 0 Å². The summed E-state index contributed by atoms with van der Waals surface area (Å²) in [6.07, 6.45) is 4.38. The van der Waals surface area contributed by atoms with Gasteiger partial charge in [0, 0.05) is 23.3 Å². The number of carbonyl (C=O) groups excluding carboxylic acids is 1. The summed E-state index contributed by atoms with van der Waals surface area (Å²) >= 11 is 0. The molecule has 0 atom stereocenters. The van der Waals surface area contributed by atoms with Crippen molar-refractivity contribution in [1.82, 2.24) is 0 Å². The molecule has 1 aliphatic carbocycles. The number of anilines is 1. The van der Waals surface area contributed by atoms with E-state index < -0.39 is 0 Å². The molecule has 1 fully saturated rings. The molecule has 0 heterocycles. The number of primary amides is 1. The lowest BCUT2D eigenvalue weighted by atomic mass is 9.91. The van der Waals surface area contributed by atoms with Crippen molar-refractivity contribution in [3.63, 3.8) is 0 Å². The average Bonchev–Trinajstić information content (AvgIpc) is 2.34. The highest BCUT2D eigenvalue weighted by atomic mass is 16.1. The van der Waals surface area contributed by atoms with Gasteiger partial charge in [-0.15, -0.1) is 0 Å². The Bertz CT molecular complexity index is 437. The third-order valence-electron chi connectivity index (χ3n) is 3.64. The molecule has 1 aliphatic rings. The third kappa shape index (κ3) is 3.01. The number of nitrogens with two attached hydrogens (primary N) is 2. The van der Waals surface area contributed by atoms with Crippen molar-refractivity contribution in [2.45, 2.75) is 44.7 Å². The molecular weight excluding hydrogens is 226 g/mol. The predicted molar refractivity (Wildman–Crippen MR) is 73.6 cm³/mol. The van der Waals surface area contributed by atoms with E-state index in [1.165, 1.54) is 0 Å². The lowest BCUT2D eigenvalue weighted by molar-refractivity contribution is 0.1000. The van der Waals surface area contributed by atoms with Crippen LogP contribution < -0.4 is 16.8 Å². The fourth-order valence-electron chi connectivity index (χ4n) is 2.46. The number of benzene rings is 1. The van der Waals surface area contributed by atoms with E-state index in [4.69, 9.17) is 11.5 Å². The van der Waals surface area contributed by atoms with Crippen LogP contribution in [-0.2, 0) is 0 Å². The van der Waals surface area contributed by atoms with Gasteiger partial charge in [0.15, 0.2) is 0 Å². The van der Waals surface area contributed by atoms with Crippen molar-refractivity contribution >= 4 is 11.6 Å². The molecule has 1 saturated carbocycles. The van der Waals surface area contributed by atoms with Gasteiger partial charge in [0.2, 0.25) is 5.91 Å². The molecule has 2 rings (SSSR count). The van der Waals surface area contributed by atoms with Crippen molar-refractivity contribution in [1.29, 1.82) is 0 Å². The number of hydrogen-bond acceptors (Lipinski definition) is 3. The van der Waals surface area contributed by atoms with Gasteiger partial charge in [0.1, 0.15) is 0 Å². The third-order valence-corrected chi connectivity index (χ3v) is 3.64. The molecule has 0 bridgehead atoms. The van der Waals surface area contributed by atoms with Crippen LogP contribution in [-0.4, -0.2) is 18.0 Å². The van der Waals surface area contributed by atoms with Crippen LogP contribution in [0.2, 0.25) is 0 Å². The quantitative estimate of drug-likeness (QED) is 0.761. The second-order valence-corrected chi connectivity index (χ2v) is 5.15. The van der Waals surface area contributed by atoms with Crippen LogP contribution in [0.4, 0.5) is 5.69 Å². The van der Waals surface area contributed by atoms with E-state index in [1.54, 1.807) is 6.07 Å². The molecule has 0 aromatic heterocycles. The highest BCUT2D eigenvalue weighted by Gasteiger charge is 2.18. The Labute approximate surface area is 108 Å². The number of aryl methyl sites for hydroxylation is 1. The molecule has 1 amide bonds. The topological polar surface area (TPSA) is 81.1 Å². The van der Waals surface area contributed by atoms with Crippen LogP contribution in [0.15, 0.2) is 18.2 Å². The number of rotatable bonds is 3. The lowest BCUT2D eigenvalue weighted by Crippen LogP contribution is -2.33. The highest BCUT2D eigenvalue weighted by molar-refractivity contribution is 5.93. The number of hydrogen-bond donors (Lipinski definition) is 3. The summed E-state index contributed by atoms with van der Waals surface area (Å²) in [6.45, 7) is 1.99. The van der Waals surface area contributed by atoms with Crippen molar-refractivity contribution in [2.24, 2.45) is 11.5 Å². The van der Waals surface area contributed by atoms with Gasteiger partial charge < -0.3 is 16.8 Å². The fourth-order valence-corrected chi connectivity index (χ4v) is 2.46. The SMILES string of the molecule is Cc1cc(C(N)=O)ccc1NC1CCC(N)CC1. The molecule has 0 aliphatic heterocycles. The molecular formula is C14H21N3O. The Morgan fingerprint density at radius 3 is 2.50 bits per heavy atom. The molecule has 0 radical (unpaired) electrons. The van der Waals surface area contributed by atoms with Gasteiger partial charge in [-0.1, -0.05) is 0 Å². The maximum atomic E-state index is 11.1. The smallest absolute Gasteiger partial charge is 0.248 e. The maximum absolute atomic E-state index is 11.1. The summed E-state index contributed by atoms with van der Waals surface area (Å²) < 4.78 is 0. The largest absolute Gasteiger partial charge is 0.382 e. The molecule has 98 valence electrons. The van der Waals surface area contributed by atoms with E-state index in [0.717, 1.165) is 36.9 Å². The predicted octanol–water partition coefficient (Wildman–Crippen LogP) is 1.78. The van der Waals surface area contributed by atoms with Gasteiger partial charge in [-0.2, -0.15) is 0 Å². The van der Waals surface area contributed by atoms with Crippen molar-refractivity contribution in [3.8, 4) is 0 Å². The number of carbonyl (C=O) groups is 1. The zero-order chi connectivity index (χ0) is 13.1. The standard InChI is InChI=1S/C14H21N3O/c1-9-8-10(14(16)18)2-7-13(9)17-12-5-3-11(15)4-6-12/h2,7-8,11-12,17H,3-6,15H2,1H3,(H2,16,18). The Morgan fingerprint density at radius 2 is 1.94 bits per heavy atom. The molecule has 0 spiro atoms. The van der Waals surface area contributed by atoms with Gasteiger partial charge in [-0.25, -0.2) is 0 Å². The molecule has 4 heteroatoms. The first-order valence-electron chi connectivity index (χ1n) is 6.49. The second-order valence-electron chi connectivity index (χ2n) is 5.15. The second kappa shape index (κ2) is 5.40. The molecule has 1 aromatic carbocycles. The first-order chi connectivity index (χ1) is 8.56. The van der Waals surface area contributed by atoms with Crippen LogP contribution in [0.3, 0.4) is 0 Å². The van der Waals surface area contributed by atoms with E-state index in [0.29, 0.717) is 17.6 Å². The summed E-state index contributed by atoms with van der Waals surface area (Å²) in [4.78, 5) is 11.1. The summed E-state index contributed by atoms with van der Waals surface area (Å²) in [5, 5.41) is 3.53. The lowest BCUT2D eigenvalue weighted by Gasteiger charge is -2.28. The monoisotopic (exact) mass is 247 g/mol. The number of amides is 1. The Balaban J connectivity index is 2.03. The first kappa shape index (κ1) is 12.9. The molecule has 5 N–H and O–H groups in total. The van der Waals surface area contributed by atoms with E-state index in [2.05, 4.69) is 5.32 Å². The molecule has 18 heavy (non-hydrogen) atoms. The van der Waals surface area contributed by atoms with Crippen LogP contribution in [0, 0.1) is 6.92 Å². The molecule has 4 nitrogen and oxygen atoms in total. The maximum Gasteiger partial charge on any atom is 0.248 e. The minimum Gasteiger partial charge on any atom is -0.382 e. The minimum atomic E-state index is -0.381. The fraction of sp³-hybridized carbons (Fsp3) is 0.500. The average molecular weight is 247 g/mol. The van der Waals surface area contributed by atoms with Crippen LogP contribution in [0.5, 0.6) is 0 Å². The number of nitrogens with one attached hydrogen (secondary N) is 1. The normalized spacial score (nSPS) is 23.7. The van der Waals surface area contributed by atoms with Gasteiger partial charge in [0.05, 0.1) is 0 Å². The summed E-state index contributed by atoms with van der Waals surface area (Å²) in [5.41, 5.74) is 13.9. The molecule has 1 aromatic rings. The Morgan fingerprint density at radius 1 is 1.28 bits per heavy atom. The molecule has 0 saturated heterocycles. The zero-order valence-electron chi connectivity index (χ0n) is 10.8. The van der Waals surface area contributed by atoms with E-state index >= 15 is 0 Å². The van der Waals surface area contributed by atoms with E-state index in [9.17, 15) is 4.79 Å². The minimum absolute atomic E-state index is 0.362. The van der Waals surface area contributed by atoms with Crippen LogP contribution >= 0.6 is 0 Å².